The zero-order valence-corrected chi connectivity index (χ0v) is 8.13. The minimum Gasteiger partial charge on any atom is -0.325 e. The van der Waals surface area contributed by atoms with Gasteiger partial charge in [0.2, 0.25) is 0 Å². The van der Waals surface area contributed by atoms with Gasteiger partial charge in [0.1, 0.15) is 6.17 Å². The Kier molecular flexibility index (Phi) is 3.43. The van der Waals surface area contributed by atoms with Gasteiger partial charge in [-0.3, -0.25) is 0 Å². The lowest BCUT2D eigenvalue weighted by Crippen LogP contribution is -2.31. The average Bonchev–Trinajstić information content (AvgIpc) is 2.04. The summed E-state index contributed by atoms with van der Waals surface area (Å²) in [5.41, 5.74) is 7.92. The molecule has 0 aliphatic heterocycles. The molecular weight excluding hydrogens is 165 g/mol. The molecular formula is C11H16FN. The van der Waals surface area contributed by atoms with Crippen LogP contribution in [-0.2, 0) is 6.42 Å². The normalized spacial score (nSPS) is 15.4. The van der Waals surface area contributed by atoms with Gasteiger partial charge >= 0.3 is 0 Å². The number of hydrogen-bond donors (Lipinski definition) is 1. The molecule has 0 heterocycles. The Balaban J connectivity index is 2.64. The van der Waals surface area contributed by atoms with Crippen LogP contribution in [0.25, 0.3) is 0 Å². The van der Waals surface area contributed by atoms with Gasteiger partial charge in [-0.05, 0) is 25.8 Å². The van der Waals surface area contributed by atoms with Crippen molar-refractivity contribution in [3.05, 3.63) is 35.4 Å². The zero-order chi connectivity index (χ0) is 9.84. The second kappa shape index (κ2) is 4.38. The molecule has 2 atom stereocenters. The van der Waals surface area contributed by atoms with Gasteiger partial charge in [0.25, 0.3) is 0 Å². The second-order valence-corrected chi connectivity index (χ2v) is 3.53. The molecule has 0 aromatic heterocycles. The Labute approximate surface area is 78.8 Å². The molecule has 0 amide bonds. The van der Waals surface area contributed by atoms with Crippen LogP contribution in [0.3, 0.4) is 0 Å². The first-order valence-electron chi connectivity index (χ1n) is 4.55. The van der Waals surface area contributed by atoms with Gasteiger partial charge < -0.3 is 5.73 Å². The first kappa shape index (κ1) is 10.2. The Morgan fingerprint density at radius 1 is 1.46 bits per heavy atom. The number of nitrogens with two attached hydrogens (primary N) is 1. The van der Waals surface area contributed by atoms with E-state index in [-0.39, 0.29) is 6.04 Å². The van der Waals surface area contributed by atoms with Crippen LogP contribution in [0, 0.1) is 6.92 Å². The lowest BCUT2D eigenvalue weighted by atomic mass is 10.0. The van der Waals surface area contributed by atoms with Crippen molar-refractivity contribution in [1.82, 2.24) is 0 Å². The predicted octanol–water partition coefficient (Wildman–Crippen LogP) is 2.22. The fourth-order valence-corrected chi connectivity index (χ4v) is 1.27. The van der Waals surface area contributed by atoms with E-state index in [4.69, 9.17) is 5.73 Å². The molecule has 1 aromatic rings. The minimum absolute atomic E-state index is 0.387. The van der Waals surface area contributed by atoms with Crippen LogP contribution < -0.4 is 5.73 Å². The molecule has 1 nitrogen and oxygen atoms in total. The van der Waals surface area contributed by atoms with Crippen molar-refractivity contribution < 1.29 is 4.39 Å². The summed E-state index contributed by atoms with van der Waals surface area (Å²) < 4.78 is 12.8. The molecule has 2 N–H and O–H groups in total. The maximum atomic E-state index is 12.8. The van der Waals surface area contributed by atoms with E-state index in [0.29, 0.717) is 6.42 Å². The average molecular weight is 181 g/mol. The van der Waals surface area contributed by atoms with Crippen molar-refractivity contribution in [2.45, 2.75) is 32.5 Å². The van der Waals surface area contributed by atoms with E-state index in [9.17, 15) is 4.39 Å². The molecule has 0 radical (unpaired) electrons. The van der Waals surface area contributed by atoms with Crippen molar-refractivity contribution in [3.63, 3.8) is 0 Å². The summed E-state index contributed by atoms with van der Waals surface area (Å²) in [6.07, 6.45) is -0.334. The molecule has 2 heteroatoms. The molecule has 0 aliphatic carbocycles. The smallest absolute Gasteiger partial charge is 0.113 e. The summed E-state index contributed by atoms with van der Waals surface area (Å²) in [6.45, 7) is 3.52. The third-order valence-electron chi connectivity index (χ3n) is 2.14. The highest BCUT2D eigenvalue weighted by Crippen LogP contribution is 2.08. The third kappa shape index (κ3) is 3.15. The Bertz CT molecular complexity index is 271. The summed E-state index contributed by atoms with van der Waals surface area (Å²) in [4.78, 5) is 0. The Morgan fingerprint density at radius 2 is 2.15 bits per heavy atom. The van der Waals surface area contributed by atoms with E-state index in [1.165, 1.54) is 12.5 Å². The topological polar surface area (TPSA) is 26.0 Å². The van der Waals surface area contributed by atoms with E-state index in [1.54, 1.807) is 0 Å². The fraction of sp³-hybridized carbons (Fsp3) is 0.455. The van der Waals surface area contributed by atoms with Gasteiger partial charge in [0.15, 0.2) is 0 Å². The Hall–Kier alpha value is -0.890. The molecule has 13 heavy (non-hydrogen) atoms. The highest BCUT2D eigenvalue weighted by Gasteiger charge is 2.11. The lowest BCUT2D eigenvalue weighted by Gasteiger charge is -2.12. The number of benzene rings is 1. The fourth-order valence-electron chi connectivity index (χ4n) is 1.27. The molecule has 0 bridgehead atoms. The van der Waals surface area contributed by atoms with E-state index < -0.39 is 6.17 Å². The summed E-state index contributed by atoms with van der Waals surface area (Å²) in [6, 6.07) is 7.63. The van der Waals surface area contributed by atoms with Crippen LogP contribution in [0.1, 0.15) is 18.1 Å². The number of alkyl halides is 1. The molecule has 0 saturated heterocycles. The summed E-state index contributed by atoms with van der Waals surface area (Å²) in [5, 5.41) is 0. The third-order valence-corrected chi connectivity index (χ3v) is 2.14. The minimum atomic E-state index is -0.944. The molecule has 0 fully saturated rings. The standard InChI is InChI=1S/C11H16FN/c1-8-4-3-5-10(6-8)7-11(13)9(2)12/h3-6,9,11H,7,13H2,1-2H3. The van der Waals surface area contributed by atoms with Crippen molar-refractivity contribution in [2.75, 3.05) is 0 Å². The van der Waals surface area contributed by atoms with Gasteiger partial charge in [-0.1, -0.05) is 29.8 Å². The first-order chi connectivity index (χ1) is 6.09. The lowest BCUT2D eigenvalue weighted by molar-refractivity contribution is 0.304. The predicted molar refractivity (Wildman–Crippen MR) is 53.4 cm³/mol. The number of hydrogen-bond acceptors (Lipinski definition) is 1. The van der Waals surface area contributed by atoms with Crippen LogP contribution in [0.15, 0.2) is 24.3 Å². The first-order valence-corrected chi connectivity index (χ1v) is 4.55. The Morgan fingerprint density at radius 3 is 2.69 bits per heavy atom. The highest BCUT2D eigenvalue weighted by molar-refractivity contribution is 5.23. The van der Waals surface area contributed by atoms with Gasteiger partial charge in [-0.15, -0.1) is 0 Å². The van der Waals surface area contributed by atoms with Crippen LogP contribution in [0.2, 0.25) is 0 Å². The second-order valence-electron chi connectivity index (χ2n) is 3.53. The molecule has 1 aromatic carbocycles. The largest absolute Gasteiger partial charge is 0.325 e. The number of rotatable bonds is 3. The SMILES string of the molecule is Cc1cccc(CC(N)C(C)F)c1. The quantitative estimate of drug-likeness (QED) is 0.760. The molecule has 1 rings (SSSR count). The van der Waals surface area contributed by atoms with Crippen LogP contribution in [0.4, 0.5) is 4.39 Å². The highest BCUT2D eigenvalue weighted by atomic mass is 19.1. The summed E-state index contributed by atoms with van der Waals surface area (Å²) in [5.74, 6) is 0. The number of halogens is 1. The van der Waals surface area contributed by atoms with E-state index >= 15 is 0 Å². The molecule has 0 spiro atoms. The van der Waals surface area contributed by atoms with Crippen LogP contribution in [-0.4, -0.2) is 12.2 Å². The maximum absolute atomic E-state index is 12.8. The molecule has 72 valence electrons. The van der Waals surface area contributed by atoms with Crippen LogP contribution in [0.5, 0.6) is 0 Å². The van der Waals surface area contributed by atoms with Crippen molar-refractivity contribution >= 4 is 0 Å². The van der Waals surface area contributed by atoms with E-state index in [0.717, 1.165) is 5.56 Å². The van der Waals surface area contributed by atoms with Gasteiger partial charge in [0, 0.05) is 6.04 Å². The maximum Gasteiger partial charge on any atom is 0.113 e. The van der Waals surface area contributed by atoms with Gasteiger partial charge in [0.05, 0.1) is 0 Å². The van der Waals surface area contributed by atoms with Crippen molar-refractivity contribution in [2.24, 2.45) is 5.73 Å². The van der Waals surface area contributed by atoms with Gasteiger partial charge in [-0.25, -0.2) is 4.39 Å². The van der Waals surface area contributed by atoms with Gasteiger partial charge in [-0.2, -0.15) is 0 Å². The van der Waals surface area contributed by atoms with E-state index in [2.05, 4.69) is 0 Å². The molecule has 2 unspecified atom stereocenters. The van der Waals surface area contributed by atoms with Crippen molar-refractivity contribution in [1.29, 1.82) is 0 Å². The molecule has 0 aliphatic rings. The number of aryl methyl sites for hydroxylation is 1. The van der Waals surface area contributed by atoms with Crippen molar-refractivity contribution in [3.8, 4) is 0 Å². The monoisotopic (exact) mass is 181 g/mol. The van der Waals surface area contributed by atoms with E-state index in [1.807, 2.05) is 31.2 Å². The summed E-state index contributed by atoms with van der Waals surface area (Å²) >= 11 is 0. The summed E-state index contributed by atoms with van der Waals surface area (Å²) in [7, 11) is 0. The zero-order valence-electron chi connectivity index (χ0n) is 8.13. The van der Waals surface area contributed by atoms with Crippen LogP contribution >= 0.6 is 0 Å². The molecule has 0 saturated carbocycles.